The average Bonchev–Trinajstić information content (AvgIpc) is 2.37. The van der Waals surface area contributed by atoms with Crippen LogP contribution >= 0.6 is 0 Å². The van der Waals surface area contributed by atoms with Crippen LogP contribution in [-0.2, 0) is 12.3 Å². The van der Waals surface area contributed by atoms with Crippen LogP contribution in [0.1, 0.15) is 41.5 Å². The Morgan fingerprint density at radius 2 is 1.23 bits per heavy atom. The SMILES string of the molecule is CC(C)C(C)C(C)(C)C(C)[Si](O[SiH]1[SiH2][SiH2][SiH2]1)(O[Si](C)(C)C)O[Si](C)(C)C. The lowest BCUT2D eigenvalue weighted by Crippen LogP contribution is -2.68. The first-order valence-electron chi connectivity index (χ1n) is 10.6. The van der Waals surface area contributed by atoms with Gasteiger partial charge in [0.1, 0.15) is 8.08 Å². The molecule has 0 N–H and O–H groups in total. The first-order chi connectivity index (χ1) is 11.5. The third-order valence-electron chi connectivity index (χ3n) is 6.10. The average molecular weight is 483 g/mol. The predicted molar refractivity (Wildman–Crippen MR) is 136 cm³/mol. The Kier molecular flexibility index (Phi) is 8.84. The highest BCUT2D eigenvalue weighted by Crippen LogP contribution is 2.49. The van der Waals surface area contributed by atoms with Crippen LogP contribution in [0.25, 0.3) is 0 Å². The van der Waals surface area contributed by atoms with Gasteiger partial charge in [0.2, 0.25) is 0 Å². The third kappa shape index (κ3) is 7.02. The molecule has 0 aromatic heterocycles. The predicted octanol–water partition coefficient (Wildman–Crippen LogP) is 2.42. The van der Waals surface area contributed by atoms with Crippen LogP contribution in [0.4, 0.5) is 0 Å². The van der Waals surface area contributed by atoms with Gasteiger partial charge in [-0.3, -0.25) is 0 Å². The summed E-state index contributed by atoms with van der Waals surface area (Å²) in [7, 11) is -6.01. The molecule has 0 amide bonds. The van der Waals surface area contributed by atoms with E-state index in [2.05, 4.69) is 80.8 Å². The maximum Gasteiger partial charge on any atom is 0.472 e. The Labute approximate surface area is 174 Å². The van der Waals surface area contributed by atoms with E-state index in [1.807, 2.05) is 0 Å². The molecule has 26 heavy (non-hydrogen) atoms. The Morgan fingerprint density at radius 1 is 0.808 bits per heavy atom. The summed E-state index contributed by atoms with van der Waals surface area (Å²) >= 11 is 0. The molecule has 1 aliphatic heterocycles. The van der Waals surface area contributed by atoms with Crippen molar-refractivity contribution in [1.29, 1.82) is 0 Å². The largest absolute Gasteiger partial charge is 0.472 e. The van der Waals surface area contributed by atoms with Crippen molar-refractivity contribution < 1.29 is 12.3 Å². The Hall–Kier alpha value is 1.40. The Bertz CT molecular complexity index is 440. The van der Waals surface area contributed by atoms with Crippen LogP contribution < -0.4 is 0 Å². The minimum atomic E-state index is -2.67. The second-order valence-corrected chi connectivity index (χ2v) is 58.8. The quantitative estimate of drug-likeness (QED) is 0.447. The van der Waals surface area contributed by atoms with Crippen molar-refractivity contribution in [2.45, 2.75) is 86.4 Å². The summed E-state index contributed by atoms with van der Waals surface area (Å²) in [4.78, 5) is 0. The molecule has 1 saturated heterocycles. The molecule has 1 fully saturated rings. The molecule has 156 valence electrons. The van der Waals surface area contributed by atoms with Crippen molar-refractivity contribution >= 4 is 59.2 Å². The molecule has 2 atom stereocenters. The van der Waals surface area contributed by atoms with Gasteiger partial charge in [0, 0.05) is 22.7 Å². The Balaban J connectivity index is 3.36. The van der Waals surface area contributed by atoms with Gasteiger partial charge in [0.15, 0.2) is 16.6 Å². The van der Waals surface area contributed by atoms with Gasteiger partial charge in [0.05, 0.1) is 0 Å². The topological polar surface area (TPSA) is 27.7 Å². The second kappa shape index (κ2) is 9.04. The van der Waals surface area contributed by atoms with Gasteiger partial charge in [-0.15, -0.1) is 0 Å². The van der Waals surface area contributed by atoms with Crippen LogP contribution in [-0.4, -0.2) is 59.2 Å². The Morgan fingerprint density at radius 3 is 1.50 bits per heavy atom. The first-order valence-corrected chi connectivity index (χ1v) is 34.2. The van der Waals surface area contributed by atoms with E-state index in [0.717, 1.165) is 0 Å². The van der Waals surface area contributed by atoms with E-state index in [9.17, 15) is 0 Å². The van der Waals surface area contributed by atoms with Gasteiger partial charge < -0.3 is 12.3 Å². The van der Waals surface area contributed by atoms with Gasteiger partial charge in [-0.2, -0.15) is 0 Å². The van der Waals surface area contributed by atoms with E-state index >= 15 is 0 Å². The zero-order chi connectivity index (χ0) is 20.6. The smallest absolute Gasteiger partial charge is 0.426 e. The van der Waals surface area contributed by atoms with E-state index < -0.39 is 33.5 Å². The van der Waals surface area contributed by atoms with E-state index in [1.54, 1.807) is 0 Å². The van der Waals surface area contributed by atoms with Gasteiger partial charge >= 0.3 is 8.80 Å². The van der Waals surface area contributed by atoms with Crippen molar-refractivity contribution in [3.8, 4) is 0 Å². The lowest BCUT2D eigenvalue weighted by molar-refractivity contribution is 0.123. The van der Waals surface area contributed by atoms with Gasteiger partial charge in [-0.1, -0.05) is 41.5 Å². The molecule has 0 aliphatic carbocycles. The molecule has 0 radical (unpaired) electrons. The molecule has 1 aliphatic rings. The van der Waals surface area contributed by atoms with Crippen LogP contribution in [0, 0.1) is 17.3 Å². The van der Waals surface area contributed by atoms with Crippen molar-refractivity contribution in [2.75, 3.05) is 0 Å². The summed E-state index contributed by atoms with van der Waals surface area (Å²) in [6, 6.07) is 0. The number of rotatable bonds is 10. The third-order valence-corrected chi connectivity index (χ3v) is 92.2. The number of hydrogen-bond acceptors (Lipinski definition) is 3. The summed E-state index contributed by atoms with van der Waals surface area (Å²) < 4.78 is 21.3. The molecule has 0 spiro atoms. The van der Waals surface area contributed by atoms with E-state index in [1.165, 1.54) is 0 Å². The molecule has 1 heterocycles. The summed E-state index contributed by atoms with van der Waals surface area (Å²) in [5.41, 5.74) is 0.543. The zero-order valence-electron chi connectivity index (χ0n) is 19.7. The van der Waals surface area contributed by atoms with Crippen LogP contribution in [0.3, 0.4) is 0 Å². The molecule has 0 saturated carbocycles. The molecule has 0 bridgehead atoms. The van der Waals surface area contributed by atoms with E-state index in [4.69, 9.17) is 12.3 Å². The maximum absolute atomic E-state index is 7.17. The molecule has 0 aromatic rings. The van der Waals surface area contributed by atoms with Gasteiger partial charge in [-0.05, 0) is 65.1 Å². The molecule has 2 unspecified atom stereocenters. The highest BCUT2D eigenvalue weighted by Gasteiger charge is 2.58. The molecule has 0 aromatic carbocycles. The van der Waals surface area contributed by atoms with Crippen molar-refractivity contribution in [3.05, 3.63) is 0 Å². The molecule has 10 heteroatoms. The molecule has 1 rings (SSSR count). The fourth-order valence-electron chi connectivity index (χ4n) is 3.63. The fourth-order valence-corrected chi connectivity index (χ4v) is 60.8. The minimum absolute atomic E-state index is 0.165. The summed E-state index contributed by atoms with van der Waals surface area (Å²) in [6.45, 7) is 28.4. The highest BCUT2D eigenvalue weighted by molar-refractivity contribution is 7.80. The van der Waals surface area contributed by atoms with Gasteiger partial charge in [-0.25, -0.2) is 0 Å². The van der Waals surface area contributed by atoms with E-state index in [0.29, 0.717) is 25.9 Å². The van der Waals surface area contributed by atoms with Gasteiger partial charge in [0.25, 0.3) is 0 Å². The maximum atomic E-state index is 7.17. The first kappa shape index (κ1) is 25.4. The van der Waals surface area contributed by atoms with Crippen molar-refractivity contribution in [3.63, 3.8) is 0 Å². The molecule has 3 nitrogen and oxygen atoms in total. The monoisotopic (exact) mass is 482 g/mol. The summed E-state index contributed by atoms with van der Waals surface area (Å²) in [5.74, 6) is 1.28. The fraction of sp³-hybridized carbons (Fsp3) is 1.00. The zero-order valence-corrected chi connectivity index (χ0v) is 28.1. The lowest BCUT2D eigenvalue weighted by Gasteiger charge is -2.51. The highest BCUT2D eigenvalue weighted by atomic mass is 30.1. The number of hydrogen-bond donors (Lipinski definition) is 0. The summed E-state index contributed by atoms with van der Waals surface area (Å²) in [5, 5.41) is 0. The van der Waals surface area contributed by atoms with Crippen LogP contribution in [0.15, 0.2) is 0 Å². The summed E-state index contributed by atoms with van der Waals surface area (Å²) in [6.07, 6.45) is 0. The van der Waals surface area contributed by atoms with Crippen molar-refractivity contribution in [2.24, 2.45) is 17.3 Å². The standard InChI is InChI=1S/C16H46O3Si7/c1-13(2)14(3)16(5,6)15(4)26(18-24(7,8)9,19-25(10,11)12)17-23-21-20-22-23/h13-15,23H,20-22H2,1-12H3. The van der Waals surface area contributed by atoms with Crippen LogP contribution in [0.2, 0.25) is 44.8 Å². The minimum Gasteiger partial charge on any atom is -0.426 e. The van der Waals surface area contributed by atoms with Crippen LogP contribution in [0.5, 0.6) is 0 Å². The lowest BCUT2D eigenvalue weighted by atomic mass is 9.72. The van der Waals surface area contributed by atoms with Crippen molar-refractivity contribution in [1.82, 2.24) is 0 Å². The van der Waals surface area contributed by atoms with E-state index in [-0.39, 0.29) is 22.5 Å². The molecular weight excluding hydrogens is 437 g/mol. The normalized spacial score (nSPS) is 25.0. The molecular formula is C16H46O3Si7. The second-order valence-electron chi connectivity index (χ2n) is 11.3.